The first-order chi connectivity index (χ1) is 12.5. The number of nitrogens with zero attached hydrogens (tertiary/aromatic N) is 2. The molecule has 0 aliphatic carbocycles. The average Bonchev–Trinajstić information content (AvgIpc) is 3.04. The maximum atomic E-state index is 12.3. The van der Waals surface area contributed by atoms with Gasteiger partial charge in [0.25, 0.3) is 5.56 Å². The molecule has 0 radical (unpaired) electrons. The molecular formula is C19H18ClN4OS+. The van der Waals surface area contributed by atoms with E-state index in [-0.39, 0.29) is 11.6 Å². The van der Waals surface area contributed by atoms with Crippen LogP contribution in [-0.2, 0) is 6.54 Å². The molecule has 2 aromatic carbocycles. The normalized spacial score (nSPS) is 14.0. The summed E-state index contributed by atoms with van der Waals surface area (Å²) in [5.41, 5.74) is 1.51. The smallest absolute Gasteiger partial charge is 0.258 e. The van der Waals surface area contributed by atoms with E-state index in [4.69, 9.17) is 16.6 Å². The van der Waals surface area contributed by atoms with Gasteiger partial charge in [-0.3, -0.25) is 4.79 Å². The zero-order valence-corrected chi connectivity index (χ0v) is 16.0. The van der Waals surface area contributed by atoms with Crippen molar-refractivity contribution in [3.05, 3.63) is 68.7 Å². The van der Waals surface area contributed by atoms with Gasteiger partial charge in [0.05, 0.1) is 28.2 Å². The number of rotatable bonds is 4. The molecule has 4 aromatic rings. The minimum absolute atomic E-state index is 0.137. The second kappa shape index (κ2) is 6.79. The maximum Gasteiger partial charge on any atom is 0.258 e. The first-order valence-electron chi connectivity index (χ1n) is 8.37. The fourth-order valence-corrected chi connectivity index (χ4v) is 4.23. The summed E-state index contributed by atoms with van der Waals surface area (Å²) in [6.07, 6.45) is 0. The van der Waals surface area contributed by atoms with Gasteiger partial charge in [-0.15, -0.1) is 11.3 Å². The number of para-hydroxylation sites is 1. The predicted octanol–water partition coefficient (Wildman–Crippen LogP) is 2.96. The van der Waals surface area contributed by atoms with Crippen molar-refractivity contribution >= 4 is 44.1 Å². The monoisotopic (exact) mass is 385 g/mol. The highest BCUT2D eigenvalue weighted by Gasteiger charge is 2.21. The summed E-state index contributed by atoms with van der Waals surface area (Å²) >= 11 is 7.74. The van der Waals surface area contributed by atoms with E-state index in [2.05, 4.69) is 30.0 Å². The van der Waals surface area contributed by atoms with E-state index in [0.29, 0.717) is 28.3 Å². The fourth-order valence-electron chi connectivity index (χ4n) is 2.95. The number of quaternary nitrogens is 1. The maximum absolute atomic E-state index is 12.3. The van der Waals surface area contributed by atoms with E-state index in [1.807, 2.05) is 18.2 Å². The van der Waals surface area contributed by atoms with E-state index >= 15 is 0 Å². The van der Waals surface area contributed by atoms with Crippen molar-refractivity contribution in [1.29, 1.82) is 0 Å². The molecule has 2 N–H and O–H groups in total. The Kier molecular flexibility index (Phi) is 4.48. The van der Waals surface area contributed by atoms with Gasteiger partial charge in [-0.1, -0.05) is 23.7 Å². The lowest BCUT2D eigenvalue weighted by Gasteiger charge is -2.19. The van der Waals surface area contributed by atoms with Crippen LogP contribution in [0.3, 0.4) is 0 Å². The highest BCUT2D eigenvalue weighted by atomic mass is 35.5. The van der Waals surface area contributed by atoms with Crippen LogP contribution < -0.4 is 10.5 Å². The third-order valence-corrected chi connectivity index (χ3v) is 6.04. The van der Waals surface area contributed by atoms with Crippen molar-refractivity contribution in [1.82, 2.24) is 15.0 Å². The molecule has 26 heavy (non-hydrogen) atoms. The lowest BCUT2D eigenvalue weighted by Crippen LogP contribution is -3.07. The highest BCUT2D eigenvalue weighted by molar-refractivity contribution is 7.18. The van der Waals surface area contributed by atoms with Crippen molar-refractivity contribution in [2.24, 2.45) is 0 Å². The zero-order valence-electron chi connectivity index (χ0n) is 14.4. The summed E-state index contributed by atoms with van der Waals surface area (Å²) in [5, 5.41) is 2.20. The fraction of sp³-hybridized carbons (Fsp3) is 0.211. The van der Waals surface area contributed by atoms with Gasteiger partial charge < -0.3 is 9.88 Å². The van der Waals surface area contributed by atoms with Crippen LogP contribution in [0.25, 0.3) is 21.1 Å². The Hall–Kier alpha value is -2.28. The van der Waals surface area contributed by atoms with Crippen LogP contribution in [0.4, 0.5) is 0 Å². The first-order valence-corrected chi connectivity index (χ1v) is 9.57. The Morgan fingerprint density at radius 3 is 2.81 bits per heavy atom. The first kappa shape index (κ1) is 17.1. The van der Waals surface area contributed by atoms with Crippen LogP contribution >= 0.6 is 22.9 Å². The molecule has 0 aliphatic rings. The van der Waals surface area contributed by atoms with Gasteiger partial charge in [-0.25, -0.2) is 9.97 Å². The summed E-state index contributed by atoms with van der Waals surface area (Å²) in [4.78, 5) is 25.7. The number of aromatic amines is 1. The van der Waals surface area contributed by atoms with E-state index in [0.717, 1.165) is 10.5 Å². The van der Waals surface area contributed by atoms with Gasteiger partial charge in [-0.05, 0) is 37.3 Å². The minimum atomic E-state index is -0.137. The summed E-state index contributed by atoms with van der Waals surface area (Å²) < 4.78 is 1.19. The second-order valence-electron chi connectivity index (χ2n) is 6.44. The van der Waals surface area contributed by atoms with Gasteiger partial charge in [-0.2, -0.15) is 0 Å². The van der Waals surface area contributed by atoms with Crippen LogP contribution in [-0.4, -0.2) is 22.0 Å². The largest absolute Gasteiger partial charge is 0.323 e. The molecule has 7 heteroatoms. The molecule has 0 bridgehead atoms. The van der Waals surface area contributed by atoms with Crippen LogP contribution in [0.15, 0.2) is 47.3 Å². The number of hydrogen-bond acceptors (Lipinski definition) is 4. The summed E-state index contributed by atoms with van der Waals surface area (Å²) in [5.74, 6) is 0.648. The van der Waals surface area contributed by atoms with Crippen molar-refractivity contribution < 1.29 is 4.90 Å². The van der Waals surface area contributed by atoms with Crippen molar-refractivity contribution in [3.63, 3.8) is 0 Å². The zero-order chi connectivity index (χ0) is 18.3. The molecule has 0 saturated heterocycles. The Morgan fingerprint density at radius 2 is 2.00 bits per heavy atom. The topological polar surface area (TPSA) is 63.1 Å². The molecule has 0 aliphatic heterocycles. The molecule has 2 aromatic heterocycles. The van der Waals surface area contributed by atoms with Gasteiger partial charge in [0, 0.05) is 5.02 Å². The molecule has 0 amide bonds. The molecule has 2 atom stereocenters. The second-order valence-corrected chi connectivity index (χ2v) is 7.94. The van der Waals surface area contributed by atoms with Gasteiger partial charge in [0.1, 0.15) is 12.6 Å². The number of thiazole rings is 1. The lowest BCUT2D eigenvalue weighted by atomic mass is 10.2. The Bertz CT molecular complexity index is 1120. The quantitative estimate of drug-likeness (QED) is 0.567. The third kappa shape index (κ3) is 3.23. The number of nitrogens with one attached hydrogen (secondary N) is 2. The predicted molar refractivity (Wildman–Crippen MR) is 106 cm³/mol. The number of benzene rings is 2. The van der Waals surface area contributed by atoms with E-state index in [9.17, 15) is 4.79 Å². The van der Waals surface area contributed by atoms with Gasteiger partial charge >= 0.3 is 0 Å². The van der Waals surface area contributed by atoms with Crippen LogP contribution in [0.1, 0.15) is 23.8 Å². The number of H-pyrrole nitrogens is 1. The number of halogens is 1. The molecule has 1 unspecified atom stereocenters. The highest BCUT2D eigenvalue weighted by Crippen LogP contribution is 2.24. The van der Waals surface area contributed by atoms with Crippen molar-refractivity contribution in [2.45, 2.75) is 19.5 Å². The minimum Gasteiger partial charge on any atom is -0.323 e. The van der Waals surface area contributed by atoms with E-state index < -0.39 is 0 Å². The number of hydrogen-bond donors (Lipinski definition) is 2. The van der Waals surface area contributed by atoms with Crippen molar-refractivity contribution in [2.75, 3.05) is 7.05 Å². The van der Waals surface area contributed by atoms with Crippen LogP contribution in [0, 0.1) is 0 Å². The molecule has 2 heterocycles. The molecule has 5 nitrogen and oxygen atoms in total. The molecule has 0 fully saturated rings. The SMILES string of the molecule is C[C@@H](c1nc2ccccc2s1)[NH+](C)Cc1nc2cc(Cl)ccc2c(=O)[nH]1. The molecule has 4 rings (SSSR count). The van der Waals surface area contributed by atoms with Crippen LogP contribution in [0.5, 0.6) is 0 Å². The van der Waals surface area contributed by atoms with E-state index in [1.54, 1.807) is 29.5 Å². The average molecular weight is 386 g/mol. The molecule has 0 saturated carbocycles. The molecule has 0 spiro atoms. The van der Waals surface area contributed by atoms with E-state index in [1.165, 1.54) is 9.60 Å². The van der Waals surface area contributed by atoms with Gasteiger partial charge in [0.2, 0.25) is 0 Å². The molecular weight excluding hydrogens is 368 g/mol. The third-order valence-electron chi connectivity index (χ3n) is 4.58. The summed E-state index contributed by atoms with van der Waals surface area (Å²) in [6.45, 7) is 2.73. The molecule has 132 valence electrons. The lowest BCUT2D eigenvalue weighted by molar-refractivity contribution is -0.924. The summed E-state index contributed by atoms with van der Waals surface area (Å²) in [7, 11) is 2.08. The standard InChI is InChI=1S/C19H17ClN4OS/c1-11(19-22-14-5-3-4-6-16(14)26-19)24(2)10-17-21-15-9-12(20)7-8-13(15)18(25)23-17/h3-9,11H,10H2,1-2H3,(H,21,23,25)/p+1/t11-/m0/s1. The van der Waals surface area contributed by atoms with Crippen LogP contribution in [0.2, 0.25) is 5.02 Å². The Balaban J connectivity index is 1.61. The summed E-state index contributed by atoms with van der Waals surface area (Å²) in [6, 6.07) is 13.5. The van der Waals surface area contributed by atoms with Gasteiger partial charge in [0.15, 0.2) is 10.8 Å². The Morgan fingerprint density at radius 1 is 1.19 bits per heavy atom. The Labute approximate surface area is 159 Å². The number of aromatic nitrogens is 3. The van der Waals surface area contributed by atoms with Crippen molar-refractivity contribution in [3.8, 4) is 0 Å². The number of fused-ring (bicyclic) bond motifs is 2.